The molecule has 6 heteroatoms. The van der Waals surface area contributed by atoms with Gasteiger partial charge in [0.2, 0.25) is 0 Å². The van der Waals surface area contributed by atoms with E-state index >= 15 is 0 Å². The van der Waals surface area contributed by atoms with Crippen LogP contribution in [-0.4, -0.2) is 18.6 Å². The first-order valence-corrected chi connectivity index (χ1v) is 8.12. The first-order valence-electron chi connectivity index (χ1n) is 7.74. The van der Waals surface area contributed by atoms with E-state index in [9.17, 15) is 9.59 Å². The standard InChI is InChI=1S/C17H21ClN2O3/c1-3-4-7-10-23-16(21)14-11(2)19-17(22)20-15(14)12-8-5-6-9-13(12)18/h5-6,8-9,15H,3-4,7,10H2,1-2H3,(H2,19,20,22)/t15-/m1/s1. The minimum atomic E-state index is -0.615. The molecule has 0 aromatic heterocycles. The number of ether oxygens (including phenoxy) is 1. The minimum absolute atomic E-state index is 0.366. The van der Waals surface area contributed by atoms with E-state index in [-0.39, 0.29) is 6.03 Å². The third-order valence-corrected chi connectivity index (χ3v) is 4.03. The van der Waals surface area contributed by atoms with E-state index < -0.39 is 12.0 Å². The van der Waals surface area contributed by atoms with Gasteiger partial charge in [0.15, 0.2) is 0 Å². The van der Waals surface area contributed by atoms with Crippen molar-refractivity contribution in [2.75, 3.05) is 6.61 Å². The Bertz CT molecular complexity index is 628. The quantitative estimate of drug-likeness (QED) is 0.614. The Morgan fingerprint density at radius 1 is 1.30 bits per heavy atom. The van der Waals surface area contributed by atoms with Gasteiger partial charge in [-0.1, -0.05) is 49.6 Å². The summed E-state index contributed by atoms with van der Waals surface area (Å²) in [4.78, 5) is 24.2. The summed E-state index contributed by atoms with van der Waals surface area (Å²) in [7, 11) is 0. The maximum Gasteiger partial charge on any atom is 0.338 e. The number of hydrogen-bond donors (Lipinski definition) is 2. The smallest absolute Gasteiger partial charge is 0.338 e. The van der Waals surface area contributed by atoms with Gasteiger partial charge in [-0.3, -0.25) is 0 Å². The average Bonchev–Trinajstić information content (AvgIpc) is 2.51. The molecular formula is C17H21ClN2O3. The Balaban J connectivity index is 2.25. The molecule has 1 heterocycles. The molecule has 0 fully saturated rings. The molecule has 1 aliphatic heterocycles. The fraction of sp³-hybridized carbons (Fsp3) is 0.412. The molecule has 1 atom stereocenters. The first kappa shape index (κ1) is 17.3. The van der Waals surface area contributed by atoms with E-state index in [4.69, 9.17) is 16.3 Å². The molecule has 124 valence electrons. The van der Waals surface area contributed by atoms with Crippen molar-refractivity contribution in [3.63, 3.8) is 0 Å². The summed E-state index contributed by atoms with van der Waals surface area (Å²) >= 11 is 6.22. The van der Waals surface area contributed by atoms with Gasteiger partial charge in [-0.25, -0.2) is 9.59 Å². The predicted molar refractivity (Wildman–Crippen MR) is 89.0 cm³/mol. The Labute approximate surface area is 141 Å². The number of nitrogens with one attached hydrogen (secondary N) is 2. The second-order valence-corrected chi connectivity index (χ2v) is 5.84. The maximum absolute atomic E-state index is 12.5. The normalized spacial score (nSPS) is 17.5. The van der Waals surface area contributed by atoms with Crippen LogP contribution >= 0.6 is 11.6 Å². The molecular weight excluding hydrogens is 316 g/mol. The van der Waals surface area contributed by atoms with Crippen LogP contribution in [0.15, 0.2) is 35.5 Å². The zero-order valence-electron chi connectivity index (χ0n) is 13.3. The zero-order valence-corrected chi connectivity index (χ0v) is 14.1. The average molecular weight is 337 g/mol. The molecule has 5 nitrogen and oxygen atoms in total. The fourth-order valence-electron chi connectivity index (χ4n) is 2.50. The number of amides is 2. The van der Waals surface area contributed by atoms with Gasteiger partial charge in [0.1, 0.15) is 0 Å². The van der Waals surface area contributed by atoms with E-state index in [1.54, 1.807) is 25.1 Å². The van der Waals surface area contributed by atoms with Crippen LogP contribution in [0.5, 0.6) is 0 Å². The fourth-order valence-corrected chi connectivity index (χ4v) is 2.75. The molecule has 0 saturated carbocycles. The van der Waals surface area contributed by atoms with E-state index in [0.717, 1.165) is 19.3 Å². The lowest BCUT2D eigenvalue weighted by Gasteiger charge is -2.28. The molecule has 0 unspecified atom stereocenters. The molecule has 1 aromatic carbocycles. The molecule has 0 bridgehead atoms. The Morgan fingerprint density at radius 3 is 2.74 bits per heavy atom. The Kier molecular flexibility index (Phi) is 6.04. The molecule has 1 aliphatic rings. The number of benzene rings is 1. The summed E-state index contributed by atoms with van der Waals surface area (Å²) in [5, 5.41) is 5.85. The molecule has 0 radical (unpaired) electrons. The highest BCUT2D eigenvalue weighted by Gasteiger charge is 2.33. The Morgan fingerprint density at radius 2 is 2.04 bits per heavy atom. The molecule has 0 spiro atoms. The van der Waals surface area contributed by atoms with Crippen LogP contribution in [0.4, 0.5) is 4.79 Å². The van der Waals surface area contributed by atoms with E-state index in [0.29, 0.717) is 28.5 Å². The van der Waals surface area contributed by atoms with Crippen LogP contribution in [0.3, 0.4) is 0 Å². The zero-order chi connectivity index (χ0) is 16.8. The number of unbranched alkanes of at least 4 members (excludes halogenated alkanes) is 2. The van der Waals surface area contributed by atoms with E-state index in [1.165, 1.54) is 0 Å². The van der Waals surface area contributed by atoms with Crippen LogP contribution in [0.25, 0.3) is 0 Å². The van der Waals surface area contributed by atoms with Crippen LogP contribution in [-0.2, 0) is 9.53 Å². The highest BCUT2D eigenvalue weighted by atomic mass is 35.5. The first-order chi connectivity index (χ1) is 11.0. The lowest BCUT2D eigenvalue weighted by atomic mass is 9.95. The van der Waals surface area contributed by atoms with Gasteiger partial charge < -0.3 is 15.4 Å². The van der Waals surface area contributed by atoms with Gasteiger partial charge in [-0.2, -0.15) is 0 Å². The van der Waals surface area contributed by atoms with Crippen molar-refractivity contribution >= 4 is 23.6 Å². The van der Waals surface area contributed by atoms with Crippen LogP contribution in [0.1, 0.15) is 44.7 Å². The highest BCUT2D eigenvalue weighted by Crippen LogP contribution is 2.31. The van der Waals surface area contributed by atoms with Crippen molar-refractivity contribution in [2.45, 2.75) is 39.2 Å². The van der Waals surface area contributed by atoms with Gasteiger partial charge >= 0.3 is 12.0 Å². The number of carbonyl (C=O) groups excluding carboxylic acids is 2. The monoisotopic (exact) mass is 336 g/mol. The van der Waals surface area contributed by atoms with E-state index in [2.05, 4.69) is 17.6 Å². The van der Waals surface area contributed by atoms with Crippen molar-refractivity contribution < 1.29 is 14.3 Å². The van der Waals surface area contributed by atoms with Gasteiger partial charge in [-0.15, -0.1) is 0 Å². The molecule has 23 heavy (non-hydrogen) atoms. The largest absolute Gasteiger partial charge is 0.462 e. The molecule has 0 aliphatic carbocycles. The van der Waals surface area contributed by atoms with Gasteiger partial charge in [0, 0.05) is 10.7 Å². The summed E-state index contributed by atoms with van der Waals surface area (Å²) in [6, 6.07) is 6.15. The summed E-state index contributed by atoms with van der Waals surface area (Å²) in [5.41, 5.74) is 1.54. The van der Waals surface area contributed by atoms with Crippen molar-refractivity contribution in [2.24, 2.45) is 0 Å². The lowest BCUT2D eigenvalue weighted by molar-refractivity contribution is -0.139. The number of rotatable bonds is 6. The van der Waals surface area contributed by atoms with E-state index in [1.807, 2.05) is 6.07 Å². The van der Waals surface area contributed by atoms with Crippen molar-refractivity contribution in [1.82, 2.24) is 10.6 Å². The van der Waals surface area contributed by atoms with Crippen molar-refractivity contribution in [3.8, 4) is 0 Å². The Hall–Kier alpha value is -2.01. The second kappa shape index (κ2) is 8.02. The number of carbonyl (C=O) groups is 2. The molecule has 2 rings (SSSR count). The lowest BCUT2D eigenvalue weighted by Crippen LogP contribution is -2.45. The SMILES string of the molecule is CCCCCOC(=O)C1=C(C)NC(=O)N[C@@H]1c1ccccc1Cl. The second-order valence-electron chi connectivity index (χ2n) is 5.43. The third-order valence-electron chi connectivity index (χ3n) is 3.69. The summed E-state index contributed by atoms with van der Waals surface area (Å²) < 4.78 is 5.35. The van der Waals surface area contributed by atoms with Crippen molar-refractivity contribution in [3.05, 3.63) is 46.1 Å². The number of allylic oxidation sites excluding steroid dienone is 1. The number of hydrogen-bond acceptors (Lipinski definition) is 3. The van der Waals surface area contributed by atoms with Gasteiger partial charge in [0.05, 0.1) is 18.2 Å². The minimum Gasteiger partial charge on any atom is -0.462 e. The molecule has 2 amide bonds. The summed E-state index contributed by atoms with van der Waals surface area (Å²) in [6.45, 7) is 4.14. The number of halogens is 1. The molecule has 0 saturated heterocycles. The molecule has 2 N–H and O–H groups in total. The maximum atomic E-state index is 12.5. The topological polar surface area (TPSA) is 67.4 Å². The summed E-state index contributed by atoms with van der Waals surface area (Å²) in [5.74, 6) is -0.434. The van der Waals surface area contributed by atoms with Gasteiger partial charge in [0.25, 0.3) is 0 Å². The predicted octanol–water partition coefficient (Wildman–Crippen LogP) is 3.70. The summed E-state index contributed by atoms with van der Waals surface area (Å²) in [6.07, 6.45) is 2.89. The van der Waals surface area contributed by atoms with Crippen LogP contribution in [0.2, 0.25) is 5.02 Å². The molecule has 1 aromatic rings. The number of esters is 1. The van der Waals surface area contributed by atoms with Crippen molar-refractivity contribution in [1.29, 1.82) is 0 Å². The van der Waals surface area contributed by atoms with Gasteiger partial charge in [-0.05, 0) is 25.0 Å². The highest BCUT2D eigenvalue weighted by molar-refractivity contribution is 6.31. The van der Waals surface area contributed by atoms with Crippen LogP contribution < -0.4 is 10.6 Å². The number of urea groups is 1. The van der Waals surface area contributed by atoms with Crippen LogP contribution in [0, 0.1) is 0 Å². The third kappa shape index (κ3) is 4.26.